The summed E-state index contributed by atoms with van der Waals surface area (Å²) in [4.78, 5) is 8.00. The van der Waals surface area contributed by atoms with Crippen LogP contribution in [-0.2, 0) is 24.9 Å². The molecule has 0 amide bonds. The predicted molar refractivity (Wildman–Crippen MR) is 325 cm³/mol. The van der Waals surface area contributed by atoms with Gasteiger partial charge in [-0.05, 0) is 222 Å². The summed E-state index contributed by atoms with van der Waals surface area (Å²) in [6.07, 6.45) is 0. The third-order valence-electron chi connectivity index (χ3n) is 15.2. The van der Waals surface area contributed by atoms with Crippen LogP contribution >= 0.6 is 15.8 Å². The molecule has 0 atom stereocenters. The molecular formula is C67H108IrOP2. The quantitative estimate of drug-likeness (QED) is 0.145. The molecule has 0 saturated carbocycles. The van der Waals surface area contributed by atoms with Crippen molar-refractivity contribution in [2.75, 3.05) is 0 Å². The predicted octanol–water partition coefficient (Wildman–Crippen LogP) is 21.1. The molecule has 0 aliphatic rings. The topological polar surface area (TPSA) is 17.1 Å². The van der Waals surface area contributed by atoms with Crippen LogP contribution in [0, 0.1) is 55.4 Å². The van der Waals surface area contributed by atoms with Crippen molar-refractivity contribution in [1.29, 1.82) is 0 Å². The fourth-order valence-electron chi connectivity index (χ4n) is 11.6. The Labute approximate surface area is 457 Å². The van der Waals surface area contributed by atoms with Gasteiger partial charge in [-0.1, -0.05) is 206 Å². The van der Waals surface area contributed by atoms with Gasteiger partial charge in [0.25, 0.3) is 0 Å². The molecule has 0 N–H and O–H groups in total. The molecule has 0 heterocycles. The van der Waals surface area contributed by atoms with E-state index in [1.54, 1.807) is 21.7 Å². The van der Waals surface area contributed by atoms with Gasteiger partial charge in [-0.3, -0.25) is 0 Å². The summed E-state index contributed by atoms with van der Waals surface area (Å²) in [5.74, 6) is 3.00. The summed E-state index contributed by atoms with van der Waals surface area (Å²) in [5, 5.41) is 4.17. The summed E-state index contributed by atoms with van der Waals surface area (Å²) < 4.78 is 0. The summed E-state index contributed by atoms with van der Waals surface area (Å²) in [5.41, 5.74) is 27.1. The standard InChI is InChI=1S/2C33H53P.CH2O.Ir/c2*1-19(2)26-17-27(20(3)4)30(28(18-26)21(5)6)29-24(9)22(7)23(8)25(10)31(29)34(32(11,12)13)33(14,15)16;1-2;/h2*17-21H,1-16H3;1H2;. The second-order valence-electron chi connectivity index (χ2n) is 26.9. The summed E-state index contributed by atoms with van der Waals surface area (Å²) in [6, 6.07) is 10.1. The second kappa shape index (κ2) is 25.3. The van der Waals surface area contributed by atoms with Crippen molar-refractivity contribution in [2.24, 2.45) is 0 Å². The van der Waals surface area contributed by atoms with E-state index in [2.05, 4.69) is 246 Å². The summed E-state index contributed by atoms with van der Waals surface area (Å²) in [7, 11) is -0.863. The van der Waals surface area contributed by atoms with Crippen molar-refractivity contribution in [3.8, 4) is 22.3 Å². The molecule has 401 valence electrons. The van der Waals surface area contributed by atoms with E-state index in [1.165, 1.54) is 89.0 Å². The molecule has 4 aromatic carbocycles. The van der Waals surface area contributed by atoms with Crippen LogP contribution in [0.25, 0.3) is 22.3 Å². The molecular weight excluding hydrogens is 1070 g/mol. The third-order valence-corrected chi connectivity index (χ3v) is 22.6. The van der Waals surface area contributed by atoms with Gasteiger partial charge < -0.3 is 4.79 Å². The van der Waals surface area contributed by atoms with E-state index >= 15 is 0 Å². The van der Waals surface area contributed by atoms with Gasteiger partial charge in [0.2, 0.25) is 0 Å². The molecule has 0 aliphatic carbocycles. The van der Waals surface area contributed by atoms with Crippen LogP contribution in [0.5, 0.6) is 0 Å². The number of hydrogen-bond acceptors (Lipinski definition) is 1. The van der Waals surface area contributed by atoms with E-state index in [1.807, 2.05) is 6.79 Å². The van der Waals surface area contributed by atoms with Crippen LogP contribution < -0.4 is 10.6 Å². The van der Waals surface area contributed by atoms with Crippen LogP contribution in [0.15, 0.2) is 24.3 Å². The van der Waals surface area contributed by atoms with E-state index in [0.29, 0.717) is 35.5 Å². The van der Waals surface area contributed by atoms with Crippen LogP contribution in [-0.4, -0.2) is 27.4 Å². The normalized spacial score (nSPS) is 12.7. The number of hydrogen-bond donors (Lipinski definition) is 0. The number of carbonyl (C=O) groups excluding carboxylic acids is 1. The van der Waals surface area contributed by atoms with E-state index in [0.717, 1.165) is 0 Å². The Hall–Kier alpha value is -1.94. The maximum Gasteiger partial charge on any atom is 0.106 e. The molecule has 0 aliphatic heterocycles. The van der Waals surface area contributed by atoms with E-state index in [9.17, 15) is 0 Å². The van der Waals surface area contributed by atoms with Gasteiger partial charge in [0.15, 0.2) is 0 Å². The number of benzene rings is 4. The van der Waals surface area contributed by atoms with Crippen molar-refractivity contribution in [1.82, 2.24) is 0 Å². The molecule has 1 nitrogen and oxygen atoms in total. The minimum atomic E-state index is -0.431. The molecule has 71 heavy (non-hydrogen) atoms. The average molecular weight is 1180 g/mol. The Kier molecular flexibility index (Phi) is 23.9. The van der Waals surface area contributed by atoms with Gasteiger partial charge in [0, 0.05) is 20.1 Å². The molecule has 1 radical (unpaired) electrons. The molecule has 0 bridgehead atoms. The van der Waals surface area contributed by atoms with Gasteiger partial charge >= 0.3 is 0 Å². The van der Waals surface area contributed by atoms with E-state index in [4.69, 9.17) is 4.79 Å². The Morgan fingerprint density at radius 3 is 0.648 bits per heavy atom. The zero-order valence-electron chi connectivity index (χ0n) is 52.1. The van der Waals surface area contributed by atoms with Crippen LogP contribution in [0.4, 0.5) is 0 Å². The zero-order valence-corrected chi connectivity index (χ0v) is 56.3. The van der Waals surface area contributed by atoms with Crippen LogP contribution in [0.2, 0.25) is 0 Å². The summed E-state index contributed by atoms with van der Waals surface area (Å²) >= 11 is 0. The van der Waals surface area contributed by atoms with Crippen molar-refractivity contribution in [3.63, 3.8) is 0 Å². The fourth-order valence-corrected chi connectivity index (χ4v) is 20.3. The summed E-state index contributed by atoms with van der Waals surface area (Å²) in [6.45, 7) is 78.9. The molecule has 0 fully saturated rings. The van der Waals surface area contributed by atoms with Gasteiger partial charge in [0.1, 0.15) is 6.79 Å². The molecule has 0 unspecified atom stereocenters. The van der Waals surface area contributed by atoms with Crippen molar-refractivity contribution >= 4 is 33.2 Å². The first-order valence-corrected chi connectivity index (χ1v) is 29.8. The first-order chi connectivity index (χ1) is 31.6. The van der Waals surface area contributed by atoms with Gasteiger partial charge in [-0.15, -0.1) is 0 Å². The van der Waals surface area contributed by atoms with Gasteiger partial charge in [0.05, 0.1) is 0 Å². The molecule has 0 spiro atoms. The fraction of sp³-hybridized carbons (Fsp3) is 0.627. The second-order valence-corrected chi connectivity index (χ2v) is 34.5. The third kappa shape index (κ3) is 14.7. The minimum Gasteiger partial charge on any atom is -0.307 e. The number of carbonyl (C=O) groups is 1. The first kappa shape index (κ1) is 67.1. The number of rotatable bonds is 10. The monoisotopic (exact) mass is 1180 g/mol. The van der Waals surface area contributed by atoms with Gasteiger partial charge in [-0.2, -0.15) is 0 Å². The average Bonchev–Trinajstić information content (AvgIpc) is 3.21. The van der Waals surface area contributed by atoms with E-state index in [-0.39, 0.29) is 40.7 Å². The van der Waals surface area contributed by atoms with Crippen molar-refractivity contribution < 1.29 is 24.9 Å². The van der Waals surface area contributed by atoms with Crippen molar-refractivity contribution in [2.45, 2.75) is 278 Å². The first-order valence-electron chi connectivity index (χ1n) is 27.1. The molecule has 4 heteroatoms. The molecule has 0 aromatic heterocycles. The van der Waals surface area contributed by atoms with Crippen LogP contribution in [0.1, 0.15) is 280 Å². The smallest absolute Gasteiger partial charge is 0.106 e. The van der Waals surface area contributed by atoms with E-state index < -0.39 is 15.8 Å². The Morgan fingerprint density at radius 1 is 0.310 bits per heavy atom. The maximum absolute atomic E-state index is 8.00. The largest absolute Gasteiger partial charge is 0.307 e. The molecule has 4 rings (SSSR count). The maximum atomic E-state index is 8.00. The van der Waals surface area contributed by atoms with Crippen LogP contribution in [0.3, 0.4) is 0 Å². The Bertz CT molecular complexity index is 2190. The van der Waals surface area contributed by atoms with Crippen molar-refractivity contribution in [3.05, 3.63) is 102 Å². The zero-order chi connectivity index (χ0) is 55.0. The SMILES string of the molecule is C=O.Cc1c(C)c(C)c(P(C(C)(C)C)C(C)(C)C)c(-c2c(C(C)C)cc(C(C)C)cc2C(C)C)c1C.Cc1c(C)c(C)c(P(C(C)(C)C)C(C)(C)C)c(-c2c(C(C)C)cc(C(C)C)cc2C(C)C)c1C.[Ir]. The minimum absolute atomic E-state index is 0. The molecule has 4 aromatic rings. The van der Waals surface area contributed by atoms with Gasteiger partial charge in [-0.25, -0.2) is 0 Å². The molecule has 0 saturated heterocycles. The Morgan fingerprint density at radius 2 is 0.493 bits per heavy atom. The Balaban J connectivity index is 0.000000677.